The normalized spacial score (nSPS) is 11.4. The van der Waals surface area contributed by atoms with Crippen LogP contribution in [0.3, 0.4) is 0 Å². The SMILES string of the molecule is CCc1ccc(-c2c(C)ccc3[nH]c(=O)c4sccc4c23)cc1. The molecule has 0 spiro atoms. The minimum Gasteiger partial charge on any atom is -0.321 e. The highest BCUT2D eigenvalue weighted by Crippen LogP contribution is 2.36. The molecule has 4 rings (SSSR count). The van der Waals surface area contributed by atoms with E-state index in [1.54, 1.807) is 0 Å². The topological polar surface area (TPSA) is 32.9 Å². The van der Waals surface area contributed by atoms with Gasteiger partial charge in [0.1, 0.15) is 4.70 Å². The molecule has 0 saturated heterocycles. The van der Waals surface area contributed by atoms with Gasteiger partial charge in [-0.1, -0.05) is 37.3 Å². The summed E-state index contributed by atoms with van der Waals surface area (Å²) in [6.07, 6.45) is 1.04. The molecule has 3 heteroatoms. The van der Waals surface area contributed by atoms with Crippen LogP contribution in [0.5, 0.6) is 0 Å². The summed E-state index contributed by atoms with van der Waals surface area (Å²) in [7, 11) is 0. The minimum atomic E-state index is -0.00126. The average Bonchev–Trinajstić information content (AvgIpc) is 3.06. The third kappa shape index (κ3) is 2.20. The first kappa shape index (κ1) is 14.2. The highest BCUT2D eigenvalue weighted by molar-refractivity contribution is 7.17. The van der Waals surface area contributed by atoms with Crippen LogP contribution in [0.2, 0.25) is 0 Å². The molecule has 0 saturated carbocycles. The standard InChI is InChI=1S/C20H17NOS/c1-3-13-5-7-14(8-6-13)17-12(2)4-9-16-18(17)15-10-11-23-19(15)20(22)21-16/h4-11H,3H2,1-2H3,(H,21,22). The Bertz CT molecular complexity index is 1070. The fourth-order valence-corrected chi connectivity index (χ4v) is 4.03. The van der Waals surface area contributed by atoms with E-state index in [1.165, 1.54) is 33.6 Å². The third-order valence-corrected chi connectivity index (χ3v) is 5.37. The summed E-state index contributed by atoms with van der Waals surface area (Å²) < 4.78 is 0.800. The van der Waals surface area contributed by atoms with Crippen molar-refractivity contribution in [1.82, 2.24) is 4.98 Å². The number of thiophene rings is 1. The molecule has 0 atom stereocenters. The molecule has 114 valence electrons. The van der Waals surface area contributed by atoms with Crippen LogP contribution in [0.25, 0.3) is 32.1 Å². The van der Waals surface area contributed by atoms with Crippen molar-refractivity contribution in [2.75, 3.05) is 0 Å². The van der Waals surface area contributed by atoms with Crippen molar-refractivity contribution in [2.45, 2.75) is 20.3 Å². The highest BCUT2D eigenvalue weighted by Gasteiger charge is 2.13. The summed E-state index contributed by atoms with van der Waals surface area (Å²) in [5.74, 6) is 0. The number of hydrogen-bond donors (Lipinski definition) is 1. The average molecular weight is 319 g/mol. The van der Waals surface area contributed by atoms with Crippen molar-refractivity contribution >= 4 is 32.3 Å². The Hall–Kier alpha value is -2.39. The van der Waals surface area contributed by atoms with Crippen molar-refractivity contribution < 1.29 is 0 Å². The van der Waals surface area contributed by atoms with Gasteiger partial charge in [-0.05, 0) is 53.1 Å². The molecular weight excluding hydrogens is 302 g/mol. The van der Waals surface area contributed by atoms with Gasteiger partial charge in [0.25, 0.3) is 5.56 Å². The molecule has 4 aromatic rings. The van der Waals surface area contributed by atoms with E-state index in [9.17, 15) is 4.79 Å². The van der Waals surface area contributed by atoms with Gasteiger partial charge >= 0.3 is 0 Å². The van der Waals surface area contributed by atoms with Gasteiger partial charge in [0, 0.05) is 16.3 Å². The van der Waals surface area contributed by atoms with Crippen LogP contribution in [0.15, 0.2) is 52.6 Å². The first-order valence-electron chi connectivity index (χ1n) is 7.81. The molecule has 2 nitrogen and oxygen atoms in total. The van der Waals surface area contributed by atoms with E-state index in [0.717, 1.165) is 27.4 Å². The molecule has 0 radical (unpaired) electrons. The Balaban J connectivity index is 2.14. The number of nitrogens with one attached hydrogen (secondary N) is 1. The smallest absolute Gasteiger partial charge is 0.266 e. The van der Waals surface area contributed by atoms with Crippen molar-refractivity contribution in [3.05, 3.63) is 69.3 Å². The van der Waals surface area contributed by atoms with Gasteiger partial charge in [0.15, 0.2) is 0 Å². The lowest BCUT2D eigenvalue weighted by molar-refractivity contribution is 1.14. The molecule has 2 heterocycles. The maximum Gasteiger partial charge on any atom is 0.266 e. The van der Waals surface area contributed by atoms with Gasteiger partial charge in [-0.2, -0.15) is 0 Å². The van der Waals surface area contributed by atoms with Gasteiger partial charge in [0.05, 0.1) is 0 Å². The summed E-state index contributed by atoms with van der Waals surface area (Å²) >= 11 is 1.50. The number of aromatic amines is 1. The Kier molecular flexibility index (Phi) is 3.31. The van der Waals surface area contributed by atoms with E-state index in [4.69, 9.17) is 0 Å². The number of H-pyrrole nitrogens is 1. The van der Waals surface area contributed by atoms with Gasteiger partial charge in [-0.25, -0.2) is 0 Å². The predicted octanol–water partition coefficient (Wildman–Crippen LogP) is 5.28. The Morgan fingerprint density at radius 1 is 1.04 bits per heavy atom. The van der Waals surface area contributed by atoms with E-state index in [0.29, 0.717) is 0 Å². The summed E-state index contributed by atoms with van der Waals surface area (Å²) in [5, 5.41) is 4.18. The number of benzene rings is 2. The monoisotopic (exact) mass is 319 g/mol. The molecule has 0 aliphatic heterocycles. The summed E-state index contributed by atoms with van der Waals surface area (Å²) in [5.41, 5.74) is 5.87. The van der Waals surface area contributed by atoms with Crippen molar-refractivity contribution in [3.63, 3.8) is 0 Å². The molecule has 0 bridgehead atoms. The van der Waals surface area contributed by atoms with Crippen molar-refractivity contribution in [3.8, 4) is 11.1 Å². The van der Waals surface area contributed by atoms with Crippen LogP contribution in [0, 0.1) is 6.92 Å². The van der Waals surface area contributed by atoms with Crippen LogP contribution >= 0.6 is 11.3 Å². The molecule has 0 fully saturated rings. The predicted molar refractivity (Wildman–Crippen MR) is 99.5 cm³/mol. The lowest BCUT2D eigenvalue weighted by Gasteiger charge is -2.12. The largest absolute Gasteiger partial charge is 0.321 e. The van der Waals surface area contributed by atoms with Crippen LogP contribution < -0.4 is 5.56 Å². The Morgan fingerprint density at radius 3 is 2.57 bits per heavy atom. The van der Waals surface area contributed by atoms with Gasteiger partial charge in [-0.3, -0.25) is 4.79 Å². The van der Waals surface area contributed by atoms with E-state index in [1.807, 2.05) is 11.4 Å². The van der Waals surface area contributed by atoms with Gasteiger partial charge < -0.3 is 4.98 Å². The number of rotatable bonds is 2. The van der Waals surface area contributed by atoms with Gasteiger partial charge in [-0.15, -0.1) is 11.3 Å². The fourth-order valence-electron chi connectivity index (χ4n) is 3.23. The lowest BCUT2D eigenvalue weighted by Crippen LogP contribution is -2.05. The number of aryl methyl sites for hydroxylation is 2. The number of hydrogen-bond acceptors (Lipinski definition) is 2. The van der Waals surface area contributed by atoms with Crippen LogP contribution in [-0.4, -0.2) is 4.98 Å². The zero-order valence-electron chi connectivity index (χ0n) is 13.1. The molecule has 0 aliphatic carbocycles. The van der Waals surface area contributed by atoms with E-state index < -0.39 is 0 Å². The number of aromatic nitrogens is 1. The maximum absolute atomic E-state index is 12.2. The molecule has 23 heavy (non-hydrogen) atoms. The third-order valence-electron chi connectivity index (χ3n) is 4.45. The number of fused-ring (bicyclic) bond motifs is 3. The van der Waals surface area contributed by atoms with Crippen LogP contribution in [0.4, 0.5) is 0 Å². The molecular formula is C20H17NOS. The zero-order chi connectivity index (χ0) is 16.0. The summed E-state index contributed by atoms with van der Waals surface area (Å²) in [6.45, 7) is 4.30. The highest BCUT2D eigenvalue weighted by atomic mass is 32.1. The lowest BCUT2D eigenvalue weighted by atomic mass is 9.93. The van der Waals surface area contributed by atoms with E-state index >= 15 is 0 Å². The molecule has 2 aromatic heterocycles. The molecule has 1 N–H and O–H groups in total. The van der Waals surface area contributed by atoms with Crippen molar-refractivity contribution in [2.24, 2.45) is 0 Å². The Labute approximate surface area is 138 Å². The van der Waals surface area contributed by atoms with E-state index in [-0.39, 0.29) is 5.56 Å². The fraction of sp³-hybridized carbons (Fsp3) is 0.150. The minimum absolute atomic E-state index is 0.00126. The first-order chi connectivity index (χ1) is 11.2. The maximum atomic E-state index is 12.2. The second-order valence-corrected chi connectivity index (χ2v) is 6.76. The van der Waals surface area contributed by atoms with Crippen LogP contribution in [-0.2, 0) is 6.42 Å². The van der Waals surface area contributed by atoms with Gasteiger partial charge in [0.2, 0.25) is 0 Å². The van der Waals surface area contributed by atoms with E-state index in [2.05, 4.69) is 55.2 Å². The first-order valence-corrected chi connectivity index (χ1v) is 8.69. The summed E-state index contributed by atoms with van der Waals surface area (Å²) in [6, 6.07) is 14.9. The molecule has 0 unspecified atom stereocenters. The quantitative estimate of drug-likeness (QED) is 0.535. The second kappa shape index (κ2) is 5.36. The Morgan fingerprint density at radius 2 is 1.83 bits per heavy atom. The number of pyridine rings is 1. The van der Waals surface area contributed by atoms with Crippen molar-refractivity contribution in [1.29, 1.82) is 0 Å². The summed E-state index contributed by atoms with van der Waals surface area (Å²) in [4.78, 5) is 15.3. The molecule has 0 aliphatic rings. The van der Waals surface area contributed by atoms with Crippen LogP contribution in [0.1, 0.15) is 18.1 Å². The second-order valence-electron chi connectivity index (χ2n) is 5.85. The molecule has 2 aromatic carbocycles. The zero-order valence-corrected chi connectivity index (χ0v) is 14.0. The molecule has 0 amide bonds.